The van der Waals surface area contributed by atoms with Gasteiger partial charge in [-0.3, -0.25) is 10.1 Å². The third-order valence-electron chi connectivity index (χ3n) is 2.66. The van der Waals surface area contributed by atoms with Crippen molar-refractivity contribution in [1.29, 1.82) is 0 Å². The molecular formula is C13H9Cl2NO5S. The van der Waals surface area contributed by atoms with Crippen LogP contribution in [-0.4, -0.2) is 17.5 Å². The highest BCUT2D eigenvalue weighted by Gasteiger charge is 2.27. The van der Waals surface area contributed by atoms with Crippen molar-refractivity contribution in [3.63, 3.8) is 0 Å². The van der Waals surface area contributed by atoms with Crippen LogP contribution in [0.15, 0.2) is 53.4 Å². The zero-order chi connectivity index (χ0) is 16.3. The molecule has 0 N–H and O–H groups in total. The highest BCUT2D eigenvalue weighted by atomic mass is 35.5. The number of nitro benzene ring substituents is 1. The molecule has 0 spiro atoms. The van der Waals surface area contributed by atoms with Crippen LogP contribution in [0, 0.1) is 10.1 Å². The Morgan fingerprint density at radius 2 is 1.73 bits per heavy atom. The van der Waals surface area contributed by atoms with E-state index in [0.717, 1.165) is 12.1 Å². The lowest BCUT2D eigenvalue weighted by Gasteiger charge is -2.09. The van der Waals surface area contributed by atoms with Gasteiger partial charge in [0.25, 0.3) is 0 Å². The molecule has 2 rings (SSSR count). The van der Waals surface area contributed by atoms with E-state index in [4.69, 9.17) is 27.9 Å². The third kappa shape index (κ3) is 3.49. The molecule has 0 aliphatic heterocycles. The Labute approximate surface area is 136 Å². The standard InChI is InChI=1S/C13H9Cl2NO5S/c14-13(15)22(19,20)10-6-7-12(11(8-10)16(17)18)21-9-4-2-1-3-5-9/h1-8,13H. The van der Waals surface area contributed by atoms with E-state index in [1.54, 1.807) is 30.3 Å². The smallest absolute Gasteiger partial charge is 0.312 e. The fraction of sp³-hybridized carbons (Fsp3) is 0.0769. The molecule has 0 aromatic heterocycles. The Balaban J connectivity index is 2.47. The zero-order valence-corrected chi connectivity index (χ0v) is 13.2. The first-order valence-corrected chi connectivity index (χ1v) is 8.27. The van der Waals surface area contributed by atoms with Crippen LogP contribution < -0.4 is 4.74 Å². The quantitative estimate of drug-likeness (QED) is 0.457. The Bertz CT molecular complexity index is 793. The number of rotatable bonds is 5. The normalized spacial score (nSPS) is 11.4. The molecule has 22 heavy (non-hydrogen) atoms. The summed E-state index contributed by atoms with van der Waals surface area (Å²) >= 11 is 10.8. The van der Waals surface area contributed by atoms with E-state index in [2.05, 4.69) is 0 Å². The molecule has 0 amide bonds. The molecule has 6 nitrogen and oxygen atoms in total. The molecule has 0 heterocycles. The molecule has 0 bridgehead atoms. The van der Waals surface area contributed by atoms with Crippen LogP contribution in [0.3, 0.4) is 0 Å². The van der Waals surface area contributed by atoms with E-state index in [1.807, 2.05) is 0 Å². The average molecular weight is 362 g/mol. The van der Waals surface area contributed by atoms with Crippen molar-refractivity contribution >= 4 is 38.7 Å². The number of benzene rings is 2. The van der Waals surface area contributed by atoms with Crippen LogP contribution in [-0.2, 0) is 9.84 Å². The van der Waals surface area contributed by atoms with E-state index in [9.17, 15) is 18.5 Å². The van der Waals surface area contributed by atoms with Gasteiger partial charge in [0.15, 0.2) is 0 Å². The number of alkyl halides is 2. The third-order valence-corrected chi connectivity index (χ3v) is 5.45. The van der Waals surface area contributed by atoms with Gasteiger partial charge in [0.2, 0.25) is 19.8 Å². The van der Waals surface area contributed by atoms with Crippen LogP contribution in [0.5, 0.6) is 11.5 Å². The highest BCUT2D eigenvalue weighted by molar-refractivity contribution is 7.94. The van der Waals surface area contributed by atoms with Crippen molar-refractivity contribution in [2.45, 2.75) is 9.06 Å². The maximum absolute atomic E-state index is 11.8. The van der Waals surface area contributed by atoms with Gasteiger partial charge in [-0.05, 0) is 24.3 Å². The van der Waals surface area contributed by atoms with Crippen molar-refractivity contribution in [1.82, 2.24) is 0 Å². The fourth-order valence-corrected chi connectivity index (χ4v) is 2.98. The number of para-hydroxylation sites is 1. The van der Waals surface area contributed by atoms with Crippen LogP contribution >= 0.6 is 23.2 Å². The Kier molecular flexibility index (Phi) is 4.90. The summed E-state index contributed by atoms with van der Waals surface area (Å²) in [5.41, 5.74) is -0.501. The van der Waals surface area contributed by atoms with Crippen LogP contribution in [0.25, 0.3) is 0 Å². The van der Waals surface area contributed by atoms with E-state index < -0.39 is 24.6 Å². The number of nitrogens with zero attached hydrogens (tertiary/aromatic N) is 1. The molecule has 0 saturated heterocycles. The van der Waals surface area contributed by atoms with Gasteiger partial charge in [0, 0.05) is 6.07 Å². The second-order valence-electron chi connectivity index (χ2n) is 4.11. The molecule has 0 atom stereocenters. The van der Waals surface area contributed by atoms with E-state index in [-0.39, 0.29) is 10.6 Å². The SMILES string of the molecule is O=[N+]([O-])c1cc(S(=O)(=O)C(Cl)Cl)ccc1Oc1ccccc1. The highest BCUT2D eigenvalue weighted by Crippen LogP contribution is 2.34. The van der Waals surface area contributed by atoms with Gasteiger partial charge >= 0.3 is 5.69 Å². The first-order valence-electron chi connectivity index (χ1n) is 5.86. The van der Waals surface area contributed by atoms with E-state index >= 15 is 0 Å². The van der Waals surface area contributed by atoms with Crippen molar-refractivity contribution in [2.75, 3.05) is 0 Å². The fourth-order valence-electron chi connectivity index (χ4n) is 1.62. The summed E-state index contributed by atoms with van der Waals surface area (Å²) < 4.78 is 27.4. The van der Waals surface area contributed by atoms with Crippen LogP contribution in [0.2, 0.25) is 0 Å². The minimum absolute atomic E-state index is 0.0872. The molecule has 0 unspecified atom stereocenters. The lowest BCUT2D eigenvalue weighted by molar-refractivity contribution is -0.385. The Hall–Kier alpha value is -1.83. The lowest BCUT2D eigenvalue weighted by Crippen LogP contribution is -2.10. The number of hydrogen-bond donors (Lipinski definition) is 0. The number of nitro groups is 1. The summed E-state index contributed by atoms with van der Waals surface area (Å²) in [6.07, 6.45) is 0. The second kappa shape index (κ2) is 6.51. The Morgan fingerprint density at radius 1 is 1.09 bits per heavy atom. The minimum atomic E-state index is -4.05. The molecule has 9 heteroatoms. The predicted molar refractivity (Wildman–Crippen MR) is 82.3 cm³/mol. The first kappa shape index (κ1) is 16.5. The first-order chi connectivity index (χ1) is 10.3. The average Bonchev–Trinajstić information content (AvgIpc) is 2.48. The maximum atomic E-state index is 11.8. The molecule has 0 saturated carbocycles. The van der Waals surface area contributed by atoms with Gasteiger partial charge in [-0.25, -0.2) is 8.42 Å². The van der Waals surface area contributed by atoms with Crippen molar-refractivity contribution in [3.05, 3.63) is 58.6 Å². The topological polar surface area (TPSA) is 86.5 Å². The molecule has 0 radical (unpaired) electrons. The number of sulfone groups is 1. The molecule has 116 valence electrons. The summed E-state index contributed by atoms with van der Waals surface area (Å²) in [7, 11) is -4.05. The minimum Gasteiger partial charge on any atom is -0.450 e. The number of hydrogen-bond acceptors (Lipinski definition) is 5. The molecule has 0 aliphatic rings. The van der Waals surface area contributed by atoms with Gasteiger partial charge in [-0.15, -0.1) is 0 Å². The number of ether oxygens (including phenoxy) is 1. The summed E-state index contributed by atoms with van der Waals surface area (Å²) in [6, 6.07) is 11.6. The van der Waals surface area contributed by atoms with Gasteiger partial charge in [0.1, 0.15) is 5.75 Å². The van der Waals surface area contributed by atoms with Gasteiger partial charge in [-0.1, -0.05) is 41.4 Å². The molecule has 0 fully saturated rings. The van der Waals surface area contributed by atoms with Crippen molar-refractivity contribution in [3.8, 4) is 11.5 Å². The van der Waals surface area contributed by atoms with Crippen LogP contribution in [0.1, 0.15) is 0 Å². The predicted octanol–water partition coefficient (Wildman–Crippen LogP) is 3.92. The van der Waals surface area contributed by atoms with E-state index in [1.165, 1.54) is 6.07 Å². The van der Waals surface area contributed by atoms with Crippen molar-refractivity contribution in [2.24, 2.45) is 0 Å². The molecule has 0 aliphatic carbocycles. The molecular weight excluding hydrogens is 353 g/mol. The molecule has 2 aromatic rings. The molecule has 2 aromatic carbocycles. The van der Waals surface area contributed by atoms with Gasteiger partial charge in [-0.2, -0.15) is 0 Å². The van der Waals surface area contributed by atoms with Gasteiger partial charge in [0.05, 0.1) is 9.82 Å². The summed E-state index contributed by atoms with van der Waals surface area (Å²) in [5, 5.41) is 11.1. The largest absolute Gasteiger partial charge is 0.450 e. The summed E-state index contributed by atoms with van der Waals surface area (Å²) in [5.74, 6) is 0.296. The second-order valence-corrected chi connectivity index (χ2v) is 7.75. The Morgan fingerprint density at radius 3 is 2.27 bits per heavy atom. The summed E-state index contributed by atoms with van der Waals surface area (Å²) in [4.78, 5) is 10.0. The lowest BCUT2D eigenvalue weighted by atomic mass is 10.3. The zero-order valence-electron chi connectivity index (χ0n) is 10.8. The summed E-state index contributed by atoms with van der Waals surface area (Å²) in [6.45, 7) is 0. The van der Waals surface area contributed by atoms with E-state index in [0.29, 0.717) is 5.75 Å². The maximum Gasteiger partial charge on any atom is 0.312 e. The van der Waals surface area contributed by atoms with Crippen molar-refractivity contribution < 1.29 is 18.1 Å². The number of halogens is 2. The van der Waals surface area contributed by atoms with Gasteiger partial charge < -0.3 is 4.74 Å². The monoisotopic (exact) mass is 361 g/mol. The van der Waals surface area contributed by atoms with Crippen LogP contribution in [0.4, 0.5) is 5.69 Å².